The average molecular weight is 642 g/mol. The highest BCUT2D eigenvalue weighted by Crippen LogP contribution is 2.35. The SMILES string of the molecule is CCOC(=O)C1=C(c2ccccc2)N=c2s/c(=C\c3cccc(OCc4ccc(C#N)cc4)c3)c(=O)n2[C@H]1c1ccc(OCC)cc1. The minimum Gasteiger partial charge on any atom is -0.494 e. The molecule has 47 heavy (non-hydrogen) atoms. The van der Waals surface area contributed by atoms with E-state index in [9.17, 15) is 9.59 Å². The number of aromatic nitrogens is 1. The van der Waals surface area contributed by atoms with E-state index >= 15 is 0 Å². The van der Waals surface area contributed by atoms with Crippen LogP contribution in [0.2, 0.25) is 0 Å². The molecule has 6 rings (SSSR count). The second kappa shape index (κ2) is 14.1. The molecular formula is C38H31N3O5S. The van der Waals surface area contributed by atoms with Crippen LogP contribution in [0.4, 0.5) is 0 Å². The number of hydrogen-bond acceptors (Lipinski definition) is 8. The first-order valence-electron chi connectivity index (χ1n) is 15.2. The van der Waals surface area contributed by atoms with Crippen molar-refractivity contribution < 1.29 is 19.0 Å². The maximum atomic E-state index is 14.2. The molecule has 1 atom stereocenters. The van der Waals surface area contributed by atoms with Crippen LogP contribution in [0.5, 0.6) is 11.5 Å². The number of esters is 1. The fraction of sp³-hybridized carbons (Fsp3) is 0.158. The molecule has 0 spiro atoms. The Bertz CT molecular complexity index is 2160. The van der Waals surface area contributed by atoms with Gasteiger partial charge in [0.2, 0.25) is 0 Å². The number of nitriles is 1. The standard InChI is InChI=1S/C38H31N3O5S/c1-3-44-30-19-17-29(18-20-30)35-33(37(43)45-4-2)34(28-10-6-5-7-11-28)40-38-41(35)36(42)32(47-38)22-27-9-8-12-31(21-27)46-24-26-15-13-25(23-39)14-16-26/h5-22,35H,3-4,24H2,1-2H3/b32-22-/t35-/m0/s1. The summed E-state index contributed by atoms with van der Waals surface area (Å²) < 4.78 is 19.3. The summed E-state index contributed by atoms with van der Waals surface area (Å²) in [4.78, 5) is 33.3. The van der Waals surface area contributed by atoms with Crippen LogP contribution in [0, 0.1) is 11.3 Å². The molecule has 0 aliphatic carbocycles. The van der Waals surface area contributed by atoms with Crippen LogP contribution in [0.15, 0.2) is 118 Å². The third-order valence-electron chi connectivity index (χ3n) is 7.52. The molecule has 1 aliphatic rings. The molecule has 0 saturated heterocycles. The van der Waals surface area contributed by atoms with Crippen molar-refractivity contribution in [3.05, 3.63) is 156 Å². The molecule has 0 unspecified atom stereocenters. The minimum atomic E-state index is -0.777. The van der Waals surface area contributed by atoms with Crippen molar-refractivity contribution in [3.8, 4) is 17.6 Å². The Labute approximate surface area is 275 Å². The number of fused-ring (bicyclic) bond motifs is 1. The van der Waals surface area contributed by atoms with Gasteiger partial charge in [-0.2, -0.15) is 5.26 Å². The van der Waals surface area contributed by atoms with E-state index in [1.165, 1.54) is 11.3 Å². The van der Waals surface area contributed by atoms with Gasteiger partial charge in [0, 0.05) is 5.56 Å². The van der Waals surface area contributed by atoms with Crippen LogP contribution in [-0.2, 0) is 16.1 Å². The highest BCUT2D eigenvalue weighted by Gasteiger charge is 2.35. The number of carbonyl (C=O) groups is 1. The lowest BCUT2D eigenvalue weighted by atomic mass is 9.93. The lowest BCUT2D eigenvalue weighted by Crippen LogP contribution is -2.40. The van der Waals surface area contributed by atoms with Crippen molar-refractivity contribution in [1.29, 1.82) is 5.26 Å². The highest BCUT2D eigenvalue weighted by atomic mass is 32.1. The summed E-state index contributed by atoms with van der Waals surface area (Å²) in [6, 6.07) is 32.9. The van der Waals surface area contributed by atoms with Crippen LogP contribution in [0.25, 0.3) is 11.8 Å². The maximum absolute atomic E-state index is 14.2. The van der Waals surface area contributed by atoms with Crippen molar-refractivity contribution in [2.45, 2.75) is 26.5 Å². The van der Waals surface area contributed by atoms with Gasteiger partial charge in [-0.1, -0.05) is 78.1 Å². The second-order valence-electron chi connectivity index (χ2n) is 10.6. The molecule has 0 radical (unpaired) electrons. The Morgan fingerprint density at radius 3 is 2.38 bits per heavy atom. The van der Waals surface area contributed by atoms with Crippen LogP contribution < -0.4 is 24.4 Å². The topological polar surface area (TPSA) is 103 Å². The zero-order valence-corrected chi connectivity index (χ0v) is 26.7. The predicted molar refractivity (Wildman–Crippen MR) is 181 cm³/mol. The number of carbonyl (C=O) groups excluding carboxylic acids is 1. The van der Waals surface area contributed by atoms with Gasteiger partial charge in [0.1, 0.15) is 18.1 Å². The Kier molecular flexibility index (Phi) is 9.41. The molecular weight excluding hydrogens is 611 g/mol. The molecule has 8 nitrogen and oxygen atoms in total. The van der Waals surface area contributed by atoms with E-state index in [-0.39, 0.29) is 12.2 Å². The first-order valence-corrected chi connectivity index (χ1v) is 16.0. The molecule has 0 saturated carbocycles. The van der Waals surface area contributed by atoms with Gasteiger partial charge in [-0.3, -0.25) is 9.36 Å². The van der Waals surface area contributed by atoms with E-state index < -0.39 is 12.0 Å². The van der Waals surface area contributed by atoms with Crippen molar-refractivity contribution in [1.82, 2.24) is 4.57 Å². The van der Waals surface area contributed by atoms with Gasteiger partial charge >= 0.3 is 5.97 Å². The predicted octanol–water partition coefficient (Wildman–Crippen LogP) is 5.78. The molecule has 5 aromatic rings. The molecule has 2 heterocycles. The quantitative estimate of drug-likeness (QED) is 0.179. The Morgan fingerprint density at radius 2 is 1.68 bits per heavy atom. The van der Waals surface area contributed by atoms with E-state index in [1.54, 1.807) is 23.6 Å². The second-order valence-corrected chi connectivity index (χ2v) is 11.6. The van der Waals surface area contributed by atoms with Crippen LogP contribution >= 0.6 is 11.3 Å². The minimum absolute atomic E-state index is 0.175. The Morgan fingerprint density at radius 1 is 0.915 bits per heavy atom. The largest absolute Gasteiger partial charge is 0.494 e. The zero-order valence-electron chi connectivity index (χ0n) is 25.9. The van der Waals surface area contributed by atoms with E-state index in [2.05, 4.69) is 6.07 Å². The summed E-state index contributed by atoms with van der Waals surface area (Å²) in [6.45, 7) is 4.69. The van der Waals surface area contributed by atoms with Gasteiger partial charge in [0.05, 0.1) is 46.7 Å². The summed E-state index contributed by atoms with van der Waals surface area (Å²) in [6.07, 6.45) is 1.81. The molecule has 234 valence electrons. The molecule has 1 aromatic heterocycles. The van der Waals surface area contributed by atoms with E-state index in [0.717, 1.165) is 22.3 Å². The summed E-state index contributed by atoms with van der Waals surface area (Å²) in [5.74, 6) is 0.796. The monoisotopic (exact) mass is 641 g/mol. The molecule has 0 N–H and O–H groups in total. The summed E-state index contributed by atoms with van der Waals surface area (Å²) in [7, 11) is 0. The molecule has 0 fully saturated rings. The summed E-state index contributed by atoms with van der Waals surface area (Å²) >= 11 is 1.26. The first kappa shape index (κ1) is 31.3. The van der Waals surface area contributed by atoms with Gasteiger partial charge in [-0.15, -0.1) is 0 Å². The van der Waals surface area contributed by atoms with Gasteiger partial charge in [-0.05, 0) is 73.0 Å². The lowest BCUT2D eigenvalue weighted by molar-refractivity contribution is -0.138. The Balaban J connectivity index is 1.45. The first-order chi connectivity index (χ1) is 23.0. The van der Waals surface area contributed by atoms with Crippen molar-refractivity contribution in [2.24, 2.45) is 4.99 Å². The van der Waals surface area contributed by atoms with Gasteiger partial charge in [0.25, 0.3) is 5.56 Å². The maximum Gasteiger partial charge on any atom is 0.338 e. The number of nitrogens with zero attached hydrogens (tertiary/aromatic N) is 3. The van der Waals surface area contributed by atoms with Crippen LogP contribution in [-0.4, -0.2) is 23.8 Å². The van der Waals surface area contributed by atoms with Gasteiger partial charge in [0.15, 0.2) is 4.80 Å². The van der Waals surface area contributed by atoms with Crippen LogP contribution in [0.3, 0.4) is 0 Å². The highest BCUT2D eigenvalue weighted by molar-refractivity contribution is 7.07. The van der Waals surface area contributed by atoms with Crippen molar-refractivity contribution in [3.63, 3.8) is 0 Å². The summed E-state index contributed by atoms with van der Waals surface area (Å²) in [5.41, 5.74) is 4.26. The smallest absolute Gasteiger partial charge is 0.338 e. The van der Waals surface area contributed by atoms with Crippen LogP contribution in [0.1, 0.15) is 47.7 Å². The van der Waals surface area contributed by atoms with Crippen molar-refractivity contribution in [2.75, 3.05) is 13.2 Å². The molecule has 4 aromatic carbocycles. The number of ether oxygens (including phenoxy) is 3. The van der Waals surface area contributed by atoms with Gasteiger partial charge in [-0.25, -0.2) is 9.79 Å². The molecule has 1 aliphatic heterocycles. The van der Waals surface area contributed by atoms with E-state index in [1.807, 2.05) is 104 Å². The number of benzene rings is 4. The summed E-state index contributed by atoms with van der Waals surface area (Å²) in [5, 5.41) is 9.04. The normalized spacial score (nSPS) is 14.1. The van der Waals surface area contributed by atoms with Gasteiger partial charge < -0.3 is 14.2 Å². The number of hydrogen-bond donors (Lipinski definition) is 0. The third kappa shape index (κ3) is 6.78. The third-order valence-corrected chi connectivity index (χ3v) is 8.51. The van der Waals surface area contributed by atoms with E-state index in [0.29, 0.717) is 50.9 Å². The molecule has 0 amide bonds. The Hall–Kier alpha value is -5.72. The van der Waals surface area contributed by atoms with E-state index in [4.69, 9.17) is 24.5 Å². The fourth-order valence-electron chi connectivity index (χ4n) is 5.36. The average Bonchev–Trinajstić information content (AvgIpc) is 3.41. The van der Waals surface area contributed by atoms with Crippen molar-refractivity contribution >= 4 is 29.1 Å². The fourth-order valence-corrected chi connectivity index (χ4v) is 6.36. The zero-order chi connectivity index (χ0) is 32.8. The number of rotatable bonds is 10. The lowest BCUT2D eigenvalue weighted by Gasteiger charge is -2.26. The molecule has 9 heteroatoms. The number of thiazole rings is 1. The molecule has 0 bridgehead atoms.